The molecule has 0 saturated heterocycles. The fraction of sp³-hybridized carbons (Fsp3) is 0.0357. The van der Waals surface area contributed by atoms with Gasteiger partial charge in [-0.25, -0.2) is 0 Å². The summed E-state index contributed by atoms with van der Waals surface area (Å²) in [6.45, 7) is 2.11. The molecule has 0 bridgehead atoms. The molecule has 32 heavy (non-hydrogen) atoms. The van der Waals surface area contributed by atoms with E-state index in [2.05, 4.69) is 122 Å². The highest BCUT2D eigenvalue weighted by atomic mass is 32.2. The van der Waals surface area contributed by atoms with Gasteiger partial charge in [0.25, 0.3) is 0 Å². The highest BCUT2D eigenvalue weighted by molar-refractivity contribution is 8.02. The van der Waals surface area contributed by atoms with E-state index < -0.39 is 7.26 Å². The second-order valence-electron chi connectivity index (χ2n) is 7.69. The van der Waals surface area contributed by atoms with Crippen LogP contribution >= 0.6 is 31.2 Å². The van der Waals surface area contributed by atoms with E-state index in [1.54, 1.807) is 11.3 Å². The van der Waals surface area contributed by atoms with Gasteiger partial charge in [0.1, 0.15) is 25.1 Å². The number of hydrogen-bond acceptors (Lipinski definition) is 3. The van der Waals surface area contributed by atoms with Gasteiger partial charge in [0.15, 0.2) is 7.26 Å². The molecule has 4 aromatic carbocycles. The van der Waals surface area contributed by atoms with Gasteiger partial charge in [-0.2, -0.15) is 4.98 Å². The van der Waals surface area contributed by atoms with E-state index >= 15 is 0 Å². The van der Waals surface area contributed by atoms with Gasteiger partial charge in [-0.3, -0.25) is 0 Å². The zero-order valence-corrected chi connectivity index (χ0v) is 20.3. The fourth-order valence-corrected chi connectivity index (χ4v) is 10.2. The first-order valence-electron chi connectivity index (χ1n) is 10.5. The van der Waals surface area contributed by atoms with Crippen molar-refractivity contribution in [3.63, 3.8) is 0 Å². The number of thiol groups is 1. The summed E-state index contributed by atoms with van der Waals surface area (Å²) in [5, 5.41) is 4.87. The highest BCUT2D eigenvalue weighted by Crippen LogP contribution is 2.56. The first-order valence-corrected chi connectivity index (χ1v) is 13.6. The molecule has 0 aliphatic carbocycles. The van der Waals surface area contributed by atoms with Gasteiger partial charge in [-0.15, -0.1) is 24.0 Å². The number of aromatic nitrogens is 1. The lowest BCUT2D eigenvalue weighted by Crippen LogP contribution is -2.39. The second kappa shape index (κ2) is 9.03. The second-order valence-corrected chi connectivity index (χ2v) is 12.8. The van der Waals surface area contributed by atoms with Crippen molar-refractivity contribution in [1.82, 2.24) is 4.98 Å². The Kier molecular flexibility index (Phi) is 5.97. The summed E-state index contributed by atoms with van der Waals surface area (Å²) in [6, 6.07) is 41.0. The predicted octanol–water partition coefficient (Wildman–Crippen LogP) is 6.03. The van der Waals surface area contributed by atoms with E-state index in [0.29, 0.717) is 0 Å². The summed E-state index contributed by atoms with van der Waals surface area (Å²) in [4.78, 5) is 5.30. The highest BCUT2D eigenvalue weighted by Gasteiger charge is 2.51. The molecule has 1 nitrogen and oxygen atoms in total. The normalized spacial score (nSPS) is 11.4. The van der Waals surface area contributed by atoms with Crippen LogP contribution in [0.3, 0.4) is 0 Å². The lowest BCUT2D eigenvalue weighted by atomic mass is 10.2. The van der Waals surface area contributed by atoms with Crippen molar-refractivity contribution >= 4 is 52.6 Å². The number of aryl methyl sites for hydroxylation is 1. The fourth-order valence-electron chi connectivity index (χ4n) is 4.11. The number of nitrogens with zero attached hydrogens (tertiary/aromatic N) is 1. The minimum absolute atomic E-state index is 0.977. The molecule has 0 spiro atoms. The van der Waals surface area contributed by atoms with Gasteiger partial charge in [0.2, 0.25) is 5.44 Å². The molecule has 156 valence electrons. The zero-order valence-electron chi connectivity index (χ0n) is 17.7. The zero-order chi connectivity index (χ0) is 22.0. The molecule has 1 aromatic heterocycles. The quantitative estimate of drug-likeness (QED) is 0.246. The molecule has 1 heterocycles. The van der Waals surface area contributed by atoms with Crippen molar-refractivity contribution < 1.29 is 0 Å². The topological polar surface area (TPSA) is 12.9 Å². The number of thiazole rings is 1. The average molecular weight is 469 g/mol. The number of hydrogen-bond donors (Lipinski definition) is 1. The average Bonchev–Trinajstić information content (AvgIpc) is 3.24. The van der Waals surface area contributed by atoms with Crippen LogP contribution in [0.5, 0.6) is 0 Å². The van der Waals surface area contributed by atoms with E-state index in [4.69, 9.17) is 17.6 Å². The molecule has 0 aliphatic rings. The van der Waals surface area contributed by atoms with Gasteiger partial charge < -0.3 is 0 Å². The van der Waals surface area contributed by atoms with Crippen LogP contribution in [0.25, 0.3) is 10.6 Å². The maximum atomic E-state index is 5.30. The Morgan fingerprint density at radius 1 is 0.625 bits per heavy atom. The van der Waals surface area contributed by atoms with Crippen LogP contribution < -0.4 is 21.3 Å². The third kappa shape index (κ3) is 3.71. The summed E-state index contributed by atoms with van der Waals surface area (Å²) in [5.41, 5.74) is 3.45. The van der Waals surface area contributed by atoms with Crippen molar-refractivity contribution in [3.05, 3.63) is 121 Å². The predicted molar refractivity (Wildman–Crippen MR) is 144 cm³/mol. The number of benzene rings is 4. The molecule has 0 amide bonds. The molecule has 0 unspecified atom stereocenters. The standard InChI is InChI=1S/C28H22NPS2/c1-21-17-19-22(20-18-21)27-29-26(28(31)32-27)30(23-11-5-2-6-12-23,24-13-7-3-8-14-24)25-15-9-4-10-16-25/h2-20H,1H3/p+1. The lowest BCUT2D eigenvalue weighted by molar-refractivity contribution is 1.42. The Morgan fingerprint density at radius 3 is 1.50 bits per heavy atom. The maximum Gasteiger partial charge on any atom is 0.223 e. The molecule has 0 aliphatic heterocycles. The Labute approximate surface area is 199 Å². The molecular weight excluding hydrogens is 445 g/mol. The monoisotopic (exact) mass is 468 g/mol. The van der Waals surface area contributed by atoms with E-state index in [-0.39, 0.29) is 0 Å². The van der Waals surface area contributed by atoms with Crippen LogP contribution in [0.15, 0.2) is 119 Å². The van der Waals surface area contributed by atoms with Crippen molar-refractivity contribution in [1.29, 1.82) is 0 Å². The lowest BCUT2D eigenvalue weighted by Gasteiger charge is -2.25. The minimum Gasteiger partial charge on any atom is -0.200 e. The Morgan fingerprint density at radius 2 is 1.06 bits per heavy atom. The smallest absolute Gasteiger partial charge is 0.200 e. The van der Waals surface area contributed by atoms with Crippen molar-refractivity contribution in [2.24, 2.45) is 0 Å². The van der Waals surface area contributed by atoms with E-state index in [0.717, 1.165) is 20.2 Å². The molecule has 5 rings (SSSR count). The van der Waals surface area contributed by atoms with Gasteiger partial charge >= 0.3 is 0 Å². The van der Waals surface area contributed by atoms with Gasteiger partial charge in [-0.05, 0) is 43.3 Å². The largest absolute Gasteiger partial charge is 0.223 e. The van der Waals surface area contributed by atoms with Crippen molar-refractivity contribution in [3.8, 4) is 10.6 Å². The van der Waals surface area contributed by atoms with Crippen LogP contribution in [0, 0.1) is 6.92 Å². The Bertz CT molecular complexity index is 1220. The third-order valence-corrected chi connectivity index (χ3v) is 11.5. The SMILES string of the molecule is Cc1ccc(-c2nc([P+](c3ccccc3)(c3ccccc3)c3ccccc3)c(S)s2)cc1. The van der Waals surface area contributed by atoms with Crippen LogP contribution in [0.4, 0.5) is 0 Å². The molecule has 0 saturated carbocycles. The van der Waals surface area contributed by atoms with E-state index in [1.807, 2.05) is 0 Å². The molecule has 0 N–H and O–H groups in total. The van der Waals surface area contributed by atoms with Crippen LogP contribution in [-0.4, -0.2) is 4.98 Å². The van der Waals surface area contributed by atoms with Crippen LogP contribution in [0.2, 0.25) is 0 Å². The summed E-state index contributed by atoms with van der Waals surface area (Å²) >= 11 is 6.68. The molecule has 5 aromatic rings. The van der Waals surface area contributed by atoms with E-state index in [1.165, 1.54) is 21.5 Å². The molecule has 0 radical (unpaired) electrons. The third-order valence-electron chi connectivity index (χ3n) is 5.64. The summed E-state index contributed by atoms with van der Waals surface area (Å²) in [6.07, 6.45) is 0. The Hall–Kier alpha value is -2.71. The summed E-state index contributed by atoms with van der Waals surface area (Å²) in [5.74, 6) is 0. The number of rotatable bonds is 5. The first-order chi connectivity index (χ1) is 15.7. The molecule has 0 fully saturated rings. The maximum absolute atomic E-state index is 5.30. The molecular formula is C28H23NPS2+. The molecule has 0 atom stereocenters. The van der Waals surface area contributed by atoms with Gasteiger partial charge in [-0.1, -0.05) is 84.4 Å². The minimum atomic E-state index is -2.23. The van der Waals surface area contributed by atoms with Crippen LogP contribution in [-0.2, 0) is 0 Å². The Balaban J connectivity index is 1.84. The van der Waals surface area contributed by atoms with Crippen molar-refractivity contribution in [2.45, 2.75) is 11.1 Å². The van der Waals surface area contributed by atoms with E-state index in [9.17, 15) is 0 Å². The van der Waals surface area contributed by atoms with Gasteiger partial charge in [0, 0.05) is 5.56 Å². The first kappa shape index (κ1) is 21.2. The summed E-state index contributed by atoms with van der Waals surface area (Å²) in [7, 11) is -2.23. The molecule has 4 heteroatoms. The van der Waals surface area contributed by atoms with Crippen LogP contribution in [0.1, 0.15) is 5.56 Å². The summed E-state index contributed by atoms with van der Waals surface area (Å²) < 4.78 is 0.977. The van der Waals surface area contributed by atoms with Crippen molar-refractivity contribution in [2.75, 3.05) is 0 Å². The van der Waals surface area contributed by atoms with Gasteiger partial charge in [0.05, 0.1) is 0 Å².